The van der Waals surface area contributed by atoms with Gasteiger partial charge in [0.15, 0.2) is 5.11 Å². The van der Waals surface area contributed by atoms with E-state index < -0.39 is 0 Å². The summed E-state index contributed by atoms with van der Waals surface area (Å²) in [5, 5.41) is 7.51. The van der Waals surface area contributed by atoms with E-state index in [9.17, 15) is 4.79 Å². The molecule has 34 heavy (non-hydrogen) atoms. The molecule has 2 heterocycles. The lowest BCUT2D eigenvalue weighted by Gasteiger charge is -2.12. The molecule has 2 aromatic heterocycles. The van der Waals surface area contributed by atoms with E-state index in [0.29, 0.717) is 22.3 Å². The summed E-state index contributed by atoms with van der Waals surface area (Å²) in [6.07, 6.45) is 4.44. The lowest BCUT2D eigenvalue weighted by atomic mass is 10.0. The van der Waals surface area contributed by atoms with E-state index in [0.717, 1.165) is 28.1 Å². The molecule has 0 aliphatic heterocycles. The molecule has 0 aliphatic carbocycles. The number of hydrogen-bond donors (Lipinski definition) is 2. The second kappa shape index (κ2) is 11.0. The van der Waals surface area contributed by atoms with Crippen LogP contribution in [0.2, 0.25) is 0 Å². The van der Waals surface area contributed by atoms with Crippen LogP contribution in [0.25, 0.3) is 11.1 Å². The first-order valence-corrected chi connectivity index (χ1v) is 12.2. The zero-order valence-electron chi connectivity index (χ0n) is 19.0. The number of aryl methyl sites for hydroxylation is 1. The zero-order valence-corrected chi connectivity index (χ0v) is 20.6. The number of anilines is 2. The fraction of sp³-hybridized carbons (Fsp3) is 0.148. The fourth-order valence-electron chi connectivity index (χ4n) is 3.69. The Bertz CT molecular complexity index is 1270. The Morgan fingerprint density at radius 3 is 2.32 bits per heavy atom. The summed E-state index contributed by atoms with van der Waals surface area (Å²) in [6.45, 7) is 4.10. The Hall–Kier alpha value is -3.55. The van der Waals surface area contributed by atoms with Crippen molar-refractivity contribution >= 4 is 45.3 Å². The molecule has 2 aromatic carbocycles. The van der Waals surface area contributed by atoms with Gasteiger partial charge in [-0.1, -0.05) is 42.5 Å². The fourth-order valence-corrected chi connectivity index (χ4v) is 5.04. The van der Waals surface area contributed by atoms with Crippen LogP contribution >= 0.6 is 23.6 Å². The molecule has 5 nitrogen and oxygen atoms in total. The van der Waals surface area contributed by atoms with Crippen LogP contribution in [0.1, 0.15) is 33.3 Å². The number of carbonyl (C=O) groups is 1. The first-order chi connectivity index (χ1) is 16.5. The Morgan fingerprint density at radius 2 is 1.65 bits per heavy atom. The van der Waals surface area contributed by atoms with Gasteiger partial charge in [0, 0.05) is 28.5 Å². The minimum atomic E-state index is -0.364. The normalized spacial score (nSPS) is 10.5. The lowest BCUT2D eigenvalue weighted by Crippen LogP contribution is -2.20. The Labute approximate surface area is 208 Å². The molecule has 0 atom stereocenters. The molecule has 4 aromatic rings. The van der Waals surface area contributed by atoms with E-state index in [1.165, 1.54) is 22.5 Å². The summed E-state index contributed by atoms with van der Waals surface area (Å²) < 4.78 is 5.37. The first-order valence-electron chi connectivity index (χ1n) is 11.0. The number of thiophene rings is 1. The van der Waals surface area contributed by atoms with Crippen LogP contribution in [0.15, 0.2) is 79.1 Å². The van der Waals surface area contributed by atoms with Gasteiger partial charge in [-0.25, -0.2) is 4.79 Å². The van der Waals surface area contributed by atoms with Gasteiger partial charge in [0.25, 0.3) is 0 Å². The van der Waals surface area contributed by atoms with Gasteiger partial charge < -0.3 is 15.4 Å². The Kier molecular flexibility index (Phi) is 7.67. The highest BCUT2D eigenvalue weighted by atomic mass is 32.1. The number of carbonyl (C=O) groups excluding carboxylic acids is 1. The standard InChI is InChI=1S/C27H25N3O2S2/c1-3-32-26(31)24-23(21-7-5-4-6-8-21)18(2)34-25(24)30-27(33)29-22-11-9-19(10-12-22)17-20-13-15-28-16-14-20/h4-16H,3,17H2,1-2H3,(H2,29,30,33). The molecule has 2 N–H and O–H groups in total. The topological polar surface area (TPSA) is 63.2 Å². The second-order valence-electron chi connectivity index (χ2n) is 7.63. The maximum Gasteiger partial charge on any atom is 0.341 e. The molecule has 0 spiro atoms. The molecule has 4 rings (SSSR count). The summed E-state index contributed by atoms with van der Waals surface area (Å²) in [4.78, 5) is 18.0. The highest BCUT2D eigenvalue weighted by Crippen LogP contribution is 2.40. The summed E-state index contributed by atoms with van der Waals surface area (Å²) in [7, 11) is 0. The largest absolute Gasteiger partial charge is 0.462 e. The van der Waals surface area contributed by atoms with Crippen LogP contribution in [-0.4, -0.2) is 22.7 Å². The maximum absolute atomic E-state index is 12.9. The van der Waals surface area contributed by atoms with Crippen molar-refractivity contribution < 1.29 is 9.53 Å². The SMILES string of the molecule is CCOC(=O)c1c(NC(=S)Nc2ccc(Cc3ccncc3)cc2)sc(C)c1-c1ccccc1. The summed E-state index contributed by atoms with van der Waals surface area (Å²) in [5.74, 6) is -0.364. The van der Waals surface area contributed by atoms with Crippen molar-refractivity contribution in [2.75, 3.05) is 17.2 Å². The molecule has 0 unspecified atom stereocenters. The van der Waals surface area contributed by atoms with Gasteiger partial charge in [0.2, 0.25) is 0 Å². The zero-order chi connectivity index (χ0) is 23.9. The monoisotopic (exact) mass is 487 g/mol. The molecular weight excluding hydrogens is 462 g/mol. The van der Waals surface area contributed by atoms with E-state index in [1.54, 1.807) is 19.3 Å². The third-order valence-corrected chi connectivity index (χ3v) is 6.45. The van der Waals surface area contributed by atoms with Crippen LogP contribution < -0.4 is 10.6 Å². The van der Waals surface area contributed by atoms with Crippen LogP contribution in [0, 0.1) is 6.92 Å². The highest BCUT2D eigenvalue weighted by molar-refractivity contribution is 7.80. The number of nitrogens with zero attached hydrogens (tertiary/aromatic N) is 1. The average Bonchev–Trinajstić information content (AvgIpc) is 3.17. The van der Waals surface area contributed by atoms with Gasteiger partial charge >= 0.3 is 5.97 Å². The first kappa shape index (κ1) is 23.6. The minimum absolute atomic E-state index is 0.302. The lowest BCUT2D eigenvalue weighted by molar-refractivity contribution is 0.0529. The third-order valence-electron chi connectivity index (χ3n) is 5.22. The van der Waals surface area contributed by atoms with E-state index in [2.05, 4.69) is 27.8 Å². The van der Waals surface area contributed by atoms with Crippen molar-refractivity contribution in [3.63, 3.8) is 0 Å². The molecule has 0 bridgehead atoms. The van der Waals surface area contributed by atoms with E-state index in [1.807, 2.05) is 61.5 Å². The Balaban J connectivity index is 1.51. The van der Waals surface area contributed by atoms with Gasteiger partial charge in [-0.05, 0) is 73.4 Å². The predicted molar refractivity (Wildman–Crippen MR) is 144 cm³/mol. The summed E-state index contributed by atoms with van der Waals surface area (Å²) >= 11 is 7.05. The predicted octanol–water partition coefficient (Wildman–Crippen LogP) is 6.69. The molecule has 0 radical (unpaired) electrons. The van der Waals surface area contributed by atoms with Gasteiger partial charge in [0.05, 0.1) is 6.61 Å². The smallest absolute Gasteiger partial charge is 0.341 e. The van der Waals surface area contributed by atoms with Gasteiger partial charge in [-0.2, -0.15) is 0 Å². The van der Waals surface area contributed by atoms with Gasteiger partial charge in [-0.3, -0.25) is 4.98 Å². The molecular formula is C27H25N3O2S2. The molecule has 0 aliphatic rings. The second-order valence-corrected chi connectivity index (χ2v) is 9.27. The van der Waals surface area contributed by atoms with Crippen molar-refractivity contribution in [3.8, 4) is 11.1 Å². The molecule has 0 fully saturated rings. The number of hydrogen-bond acceptors (Lipinski definition) is 5. The number of benzene rings is 2. The average molecular weight is 488 g/mol. The number of ether oxygens (including phenoxy) is 1. The van der Waals surface area contributed by atoms with Gasteiger partial charge in [-0.15, -0.1) is 11.3 Å². The number of rotatable bonds is 7. The van der Waals surface area contributed by atoms with Crippen molar-refractivity contribution in [2.45, 2.75) is 20.3 Å². The molecule has 0 saturated heterocycles. The quantitative estimate of drug-likeness (QED) is 0.224. The third kappa shape index (κ3) is 5.68. The van der Waals surface area contributed by atoms with Gasteiger partial charge in [0.1, 0.15) is 10.6 Å². The van der Waals surface area contributed by atoms with E-state index in [4.69, 9.17) is 17.0 Å². The number of esters is 1. The molecule has 172 valence electrons. The van der Waals surface area contributed by atoms with E-state index >= 15 is 0 Å². The molecule has 0 saturated carbocycles. The van der Waals surface area contributed by atoms with E-state index in [-0.39, 0.29) is 5.97 Å². The van der Waals surface area contributed by atoms with Crippen molar-refractivity contribution in [1.29, 1.82) is 0 Å². The number of nitrogens with one attached hydrogen (secondary N) is 2. The van der Waals surface area contributed by atoms with Crippen LogP contribution in [0.4, 0.5) is 10.7 Å². The number of pyridine rings is 1. The summed E-state index contributed by atoms with van der Waals surface area (Å²) in [6, 6.07) is 22.0. The highest BCUT2D eigenvalue weighted by Gasteiger charge is 2.24. The van der Waals surface area contributed by atoms with Crippen LogP contribution in [0.3, 0.4) is 0 Å². The maximum atomic E-state index is 12.9. The van der Waals surface area contributed by atoms with Crippen molar-refractivity contribution in [2.24, 2.45) is 0 Å². The molecule has 7 heteroatoms. The number of thiocarbonyl (C=S) groups is 1. The van der Waals surface area contributed by atoms with Crippen molar-refractivity contribution in [1.82, 2.24) is 4.98 Å². The minimum Gasteiger partial charge on any atom is -0.462 e. The molecule has 0 amide bonds. The van der Waals surface area contributed by atoms with Crippen LogP contribution in [0.5, 0.6) is 0 Å². The number of aromatic nitrogens is 1. The Morgan fingerprint density at radius 1 is 0.971 bits per heavy atom. The van der Waals surface area contributed by atoms with Crippen LogP contribution in [-0.2, 0) is 11.2 Å². The summed E-state index contributed by atoms with van der Waals surface area (Å²) in [5.41, 5.74) is 5.62. The van der Waals surface area contributed by atoms with Crippen molar-refractivity contribution in [3.05, 3.63) is 101 Å².